The minimum absolute atomic E-state index is 0.117. The van der Waals surface area contributed by atoms with Crippen LogP contribution in [-0.4, -0.2) is 54.6 Å². The van der Waals surface area contributed by atoms with Crippen LogP contribution in [-0.2, 0) is 16.1 Å². The number of furan rings is 1. The molecule has 0 N–H and O–H groups in total. The number of amides is 1. The van der Waals surface area contributed by atoms with E-state index in [0.29, 0.717) is 19.1 Å². The van der Waals surface area contributed by atoms with Crippen molar-refractivity contribution in [1.29, 1.82) is 0 Å². The molecule has 5 heteroatoms. The van der Waals surface area contributed by atoms with E-state index >= 15 is 0 Å². The highest BCUT2D eigenvalue weighted by Gasteiger charge is 2.35. The lowest BCUT2D eigenvalue weighted by atomic mass is 10.1. The Kier molecular flexibility index (Phi) is 4.85. The van der Waals surface area contributed by atoms with Gasteiger partial charge in [0.25, 0.3) is 5.91 Å². The summed E-state index contributed by atoms with van der Waals surface area (Å²) in [6, 6.07) is 14.3. The lowest BCUT2D eigenvalue weighted by Gasteiger charge is -2.34. The van der Waals surface area contributed by atoms with Crippen molar-refractivity contribution in [2.45, 2.75) is 25.0 Å². The van der Waals surface area contributed by atoms with Gasteiger partial charge in [-0.3, -0.25) is 9.69 Å². The Balaban J connectivity index is 1.34. The van der Waals surface area contributed by atoms with Gasteiger partial charge in [-0.25, -0.2) is 0 Å². The molecule has 0 saturated carbocycles. The van der Waals surface area contributed by atoms with Crippen LogP contribution in [0.4, 0.5) is 0 Å². The van der Waals surface area contributed by atoms with Gasteiger partial charge in [0.1, 0.15) is 11.9 Å². The Hall–Kier alpha value is -2.11. The zero-order valence-corrected chi connectivity index (χ0v) is 14.3. The van der Waals surface area contributed by atoms with E-state index in [0.717, 1.165) is 38.4 Å². The van der Waals surface area contributed by atoms with Gasteiger partial charge in [0, 0.05) is 38.6 Å². The lowest BCUT2D eigenvalue weighted by Crippen LogP contribution is -2.50. The first-order chi connectivity index (χ1) is 12.3. The second-order valence-electron chi connectivity index (χ2n) is 6.87. The minimum Gasteiger partial charge on any atom is -0.469 e. The molecule has 2 atom stereocenters. The number of nitrogens with zero attached hydrogens (tertiary/aromatic N) is 2. The van der Waals surface area contributed by atoms with E-state index in [9.17, 15) is 4.79 Å². The summed E-state index contributed by atoms with van der Waals surface area (Å²) in [5.74, 6) is 1.40. The van der Waals surface area contributed by atoms with Gasteiger partial charge < -0.3 is 14.1 Å². The number of carbonyl (C=O) groups excluding carboxylic acids is 1. The number of likely N-dealkylation sites (tertiary alicyclic amines) is 1. The van der Waals surface area contributed by atoms with Crippen molar-refractivity contribution in [3.8, 4) is 0 Å². The molecule has 25 heavy (non-hydrogen) atoms. The Labute approximate surface area is 148 Å². The summed E-state index contributed by atoms with van der Waals surface area (Å²) in [7, 11) is 0. The summed E-state index contributed by atoms with van der Waals surface area (Å²) in [6.07, 6.45) is 2.30. The molecule has 0 spiro atoms. The predicted octanol–water partition coefficient (Wildman–Crippen LogP) is 2.50. The third-order valence-electron chi connectivity index (χ3n) is 5.12. The fourth-order valence-electron chi connectivity index (χ4n) is 3.76. The molecule has 1 amide bonds. The second kappa shape index (κ2) is 7.42. The van der Waals surface area contributed by atoms with Gasteiger partial charge in [-0.2, -0.15) is 0 Å². The van der Waals surface area contributed by atoms with Gasteiger partial charge in [0.15, 0.2) is 0 Å². The molecule has 0 aliphatic carbocycles. The fourth-order valence-corrected chi connectivity index (χ4v) is 3.76. The summed E-state index contributed by atoms with van der Waals surface area (Å²) >= 11 is 0. The summed E-state index contributed by atoms with van der Waals surface area (Å²) in [5.41, 5.74) is 1.27. The van der Waals surface area contributed by atoms with Crippen molar-refractivity contribution < 1.29 is 13.9 Å². The molecule has 0 bridgehead atoms. The summed E-state index contributed by atoms with van der Waals surface area (Å²) in [4.78, 5) is 17.1. The Morgan fingerprint density at radius 2 is 1.96 bits per heavy atom. The van der Waals surface area contributed by atoms with E-state index in [1.807, 2.05) is 23.1 Å². The van der Waals surface area contributed by atoms with E-state index < -0.39 is 0 Å². The molecule has 0 radical (unpaired) electrons. The molecular weight excluding hydrogens is 316 g/mol. The van der Waals surface area contributed by atoms with Crippen molar-refractivity contribution in [1.82, 2.24) is 9.80 Å². The first-order valence-corrected chi connectivity index (χ1v) is 8.99. The maximum atomic E-state index is 12.9. The molecule has 2 saturated heterocycles. The van der Waals surface area contributed by atoms with Gasteiger partial charge in [0.2, 0.25) is 0 Å². The third kappa shape index (κ3) is 3.78. The van der Waals surface area contributed by atoms with Crippen LogP contribution >= 0.6 is 0 Å². The number of hydrogen-bond acceptors (Lipinski definition) is 4. The SMILES string of the molecule is O=C(C1CN(Cc2ccccc2)CCO1)N1CCC(c2ccco2)C1. The average molecular weight is 340 g/mol. The number of hydrogen-bond donors (Lipinski definition) is 0. The quantitative estimate of drug-likeness (QED) is 0.858. The molecule has 2 aliphatic heterocycles. The van der Waals surface area contributed by atoms with E-state index in [4.69, 9.17) is 9.15 Å². The topological polar surface area (TPSA) is 45.9 Å². The highest BCUT2D eigenvalue weighted by Crippen LogP contribution is 2.28. The van der Waals surface area contributed by atoms with Crippen LogP contribution in [0, 0.1) is 0 Å². The summed E-state index contributed by atoms with van der Waals surface area (Å²) < 4.78 is 11.3. The number of rotatable bonds is 4. The van der Waals surface area contributed by atoms with E-state index in [1.54, 1.807) is 6.26 Å². The van der Waals surface area contributed by atoms with Crippen LogP contribution in [0.2, 0.25) is 0 Å². The molecule has 132 valence electrons. The molecule has 2 aromatic rings. The largest absolute Gasteiger partial charge is 0.469 e. The molecular formula is C20H24N2O3. The van der Waals surface area contributed by atoms with Crippen molar-refractivity contribution in [2.24, 2.45) is 0 Å². The van der Waals surface area contributed by atoms with Crippen molar-refractivity contribution in [3.63, 3.8) is 0 Å². The number of carbonyl (C=O) groups is 1. The molecule has 1 aromatic carbocycles. The van der Waals surface area contributed by atoms with Crippen LogP contribution in [0.1, 0.15) is 23.7 Å². The number of ether oxygens (including phenoxy) is 1. The highest BCUT2D eigenvalue weighted by atomic mass is 16.5. The van der Waals surface area contributed by atoms with E-state index in [1.165, 1.54) is 5.56 Å². The Bertz CT molecular complexity index is 686. The Morgan fingerprint density at radius 1 is 1.08 bits per heavy atom. The maximum absolute atomic E-state index is 12.9. The van der Waals surface area contributed by atoms with Gasteiger partial charge in [-0.15, -0.1) is 0 Å². The molecule has 5 nitrogen and oxygen atoms in total. The number of benzene rings is 1. The lowest BCUT2D eigenvalue weighted by molar-refractivity contribution is -0.148. The zero-order chi connectivity index (χ0) is 17.1. The first kappa shape index (κ1) is 16.4. The average Bonchev–Trinajstić information content (AvgIpc) is 3.34. The molecule has 2 aliphatic rings. The van der Waals surface area contributed by atoms with Crippen LogP contribution in [0.3, 0.4) is 0 Å². The predicted molar refractivity (Wildman–Crippen MR) is 94.1 cm³/mol. The van der Waals surface area contributed by atoms with E-state index in [-0.39, 0.29) is 12.0 Å². The number of morpholine rings is 1. The van der Waals surface area contributed by atoms with Gasteiger partial charge >= 0.3 is 0 Å². The normalized spacial score (nSPS) is 24.6. The van der Waals surface area contributed by atoms with Crippen LogP contribution in [0.15, 0.2) is 53.1 Å². The fraction of sp³-hybridized carbons (Fsp3) is 0.450. The molecule has 4 rings (SSSR count). The first-order valence-electron chi connectivity index (χ1n) is 8.99. The Morgan fingerprint density at radius 3 is 2.76 bits per heavy atom. The minimum atomic E-state index is -0.354. The van der Waals surface area contributed by atoms with Crippen LogP contribution < -0.4 is 0 Å². The summed E-state index contributed by atoms with van der Waals surface area (Å²) in [5, 5.41) is 0. The molecule has 3 heterocycles. The van der Waals surface area contributed by atoms with E-state index in [2.05, 4.69) is 29.2 Å². The van der Waals surface area contributed by atoms with Crippen molar-refractivity contribution in [2.75, 3.05) is 32.8 Å². The zero-order valence-electron chi connectivity index (χ0n) is 14.3. The van der Waals surface area contributed by atoms with Crippen molar-refractivity contribution in [3.05, 3.63) is 60.1 Å². The highest BCUT2D eigenvalue weighted by molar-refractivity contribution is 5.81. The monoisotopic (exact) mass is 340 g/mol. The summed E-state index contributed by atoms with van der Waals surface area (Å²) in [6.45, 7) is 4.51. The van der Waals surface area contributed by atoms with Gasteiger partial charge in [-0.1, -0.05) is 30.3 Å². The molecule has 2 unspecified atom stereocenters. The van der Waals surface area contributed by atoms with Gasteiger partial charge in [0.05, 0.1) is 12.9 Å². The molecule has 2 fully saturated rings. The van der Waals surface area contributed by atoms with Gasteiger partial charge in [-0.05, 0) is 24.1 Å². The third-order valence-corrected chi connectivity index (χ3v) is 5.12. The maximum Gasteiger partial charge on any atom is 0.253 e. The second-order valence-corrected chi connectivity index (χ2v) is 6.87. The van der Waals surface area contributed by atoms with Crippen LogP contribution in [0.5, 0.6) is 0 Å². The smallest absolute Gasteiger partial charge is 0.253 e. The van der Waals surface area contributed by atoms with Crippen molar-refractivity contribution >= 4 is 5.91 Å². The molecule has 1 aromatic heterocycles. The van der Waals surface area contributed by atoms with Crippen LogP contribution in [0.25, 0.3) is 0 Å². The standard InChI is InChI=1S/C20H24N2O3/c23-20(22-9-8-17(14-22)18-7-4-11-24-18)19-15-21(10-12-25-19)13-16-5-2-1-3-6-16/h1-7,11,17,19H,8-10,12-15H2.